The summed E-state index contributed by atoms with van der Waals surface area (Å²) in [7, 11) is 0. The van der Waals surface area contributed by atoms with Gasteiger partial charge in [-0.15, -0.1) is 0 Å². The molecule has 0 saturated heterocycles. The first kappa shape index (κ1) is 4.73. The number of hydrogen-bond acceptors (Lipinski definition) is 2. The first-order valence-corrected chi connectivity index (χ1v) is 2.95. The van der Waals surface area contributed by atoms with Gasteiger partial charge in [0.1, 0.15) is 5.82 Å². The van der Waals surface area contributed by atoms with Gasteiger partial charge in [0, 0.05) is 18.6 Å². The van der Waals surface area contributed by atoms with Crippen LogP contribution in [0.1, 0.15) is 5.82 Å². The highest BCUT2D eigenvalue weighted by Gasteiger charge is 2.02. The lowest BCUT2D eigenvalue weighted by atomic mass is 10.5. The standard InChI is InChI=1S/C6H7N3/c1-3-9-4-2-8-6(9)5-7-1/h1-2,4H,3,5H2. The van der Waals surface area contributed by atoms with Gasteiger partial charge in [0.05, 0.1) is 13.1 Å². The lowest BCUT2D eigenvalue weighted by Gasteiger charge is -2.05. The van der Waals surface area contributed by atoms with Gasteiger partial charge in [0.25, 0.3) is 0 Å². The maximum Gasteiger partial charge on any atom is 0.130 e. The van der Waals surface area contributed by atoms with Gasteiger partial charge in [-0.2, -0.15) is 0 Å². The first-order chi connectivity index (χ1) is 4.47. The SMILES string of the molecule is C1=NCc2nccn2C1. The fourth-order valence-electron chi connectivity index (χ4n) is 0.950. The van der Waals surface area contributed by atoms with Crippen LogP contribution in [0.5, 0.6) is 0 Å². The zero-order valence-electron chi connectivity index (χ0n) is 4.99. The van der Waals surface area contributed by atoms with Gasteiger partial charge < -0.3 is 4.57 Å². The molecule has 46 valence electrons. The molecule has 2 heterocycles. The van der Waals surface area contributed by atoms with Crippen molar-refractivity contribution < 1.29 is 0 Å². The Morgan fingerprint density at radius 1 is 1.56 bits per heavy atom. The first-order valence-electron chi connectivity index (χ1n) is 2.95. The molecular weight excluding hydrogens is 114 g/mol. The normalized spacial score (nSPS) is 15.6. The predicted octanol–water partition coefficient (Wildman–Crippen LogP) is 0.467. The van der Waals surface area contributed by atoms with E-state index in [1.165, 1.54) is 0 Å². The number of rotatable bonds is 0. The van der Waals surface area contributed by atoms with E-state index in [0.29, 0.717) is 0 Å². The highest BCUT2D eigenvalue weighted by molar-refractivity contribution is 5.58. The predicted molar refractivity (Wildman–Crippen MR) is 34.4 cm³/mol. The molecule has 0 bridgehead atoms. The highest BCUT2D eigenvalue weighted by atomic mass is 15.1. The molecule has 0 radical (unpaired) electrons. The Hall–Kier alpha value is -1.12. The minimum Gasteiger partial charge on any atom is -0.328 e. The summed E-state index contributed by atoms with van der Waals surface area (Å²) in [4.78, 5) is 8.19. The van der Waals surface area contributed by atoms with E-state index in [0.717, 1.165) is 18.9 Å². The Bertz CT molecular complexity index is 214. The van der Waals surface area contributed by atoms with Crippen molar-refractivity contribution in [2.24, 2.45) is 4.99 Å². The molecule has 0 unspecified atom stereocenters. The summed E-state index contributed by atoms with van der Waals surface area (Å²) in [5.74, 6) is 1.07. The molecule has 0 spiro atoms. The van der Waals surface area contributed by atoms with E-state index in [9.17, 15) is 0 Å². The largest absolute Gasteiger partial charge is 0.328 e. The summed E-state index contributed by atoms with van der Waals surface area (Å²) < 4.78 is 2.09. The van der Waals surface area contributed by atoms with Crippen LogP contribution < -0.4 is 0 Å². The highest BCUT2D eigenvalue weighted by Crippen LogP contribution is 2.01. The van der Waals surface area contributed by atoms with Crippen molar-refractivity contribution in [2.75, 3.05) is 0 Å². The third-order valence-corrected chi connectivity index (χ3v) is 1.44. The summed E-state index contributed by atoms with van der Waals surface area (Å²) in [6.45, 7) is 1.63. The van der Waals surface area contributed by atoms with Crippen LogP contribution >= 0.6 is 0 Å². The molecule has 1 aliphatic heterocycles. The molecule has 3 heteroatoms. The molecule has 3 nitrogen and oxygen atoms in total. The van der Waals surface area contributed by atoms with Crippen molar-refractivity contribution >= 4 is 6.21 Å². The van der Waals surface area contributed by atoms with E-state index in [1.54, 1.807) is 0 Å². The molecule has 9 heavy (non-hydrogen) atoms. The maximum atomic E-state index is 4.11. The molecule has 1 aliphatic rings. The monoisotopic (exact) mass is 121 g/mol. The van der Waals surface area contributed by atoms with Crippen LogP contribution in [0.25, 0.3) is 0 Å². The van der Waals surface area contributed by atoms with Gasteiger partial charge >= 0.3 is 0 Å². The van der Waals surface area contributed by atoms with Crippen LogP contribution in [0, 0.1) is 0 Å². The van der Waals surface area contributed by atoms with Gasteiger partial charge in [-0.1, -0.05) is 0 Å². The van der Waals surface area contributed by atoms with Gasteiger partial charge in [0.15, 0.2) is 0 Å². The number of nitrogens with zero attached hydrogens (tertiary/aromatic N) is 3. The van der Waals surface area contributed by atoms with E-state index in [1.807, 2.05) is 18.6 Å². The Morgan fingerprint density at radius 2 is 2.56 bits per heavy atom. The quantitative estimate of drug-likeness (QED) is 0.490. The zero-order chi connectivity index (χ0) is 6.10. The minimum atomic E-state index is 0.743. The van der Waals surface area contributed by atoms with Crippen molar-refractivity contribution in [1.29, 1.82) is 0 Å². The summed E-state index contributed by atoms with van der Waals surface area (Å²) in [5.41, 5.74) is 0. The van der Waals surface area contributed by atoms with Crippen LogP contribution in [0.3, 0.4) is 0 Å². The van der Waals surface area contributed by atoms with Gasteiger partial charge in [-0.25, -0.2) is 4.98 Å². The average Bonchev–Trinajstić information content (AvgIpc) is 2.33. The molecule has 0 saturated carbocycles. The lowest BCUT2D eigenvalue weighted by Crippen LogP contribution is -2.07. The van der Waals surface area contributed by atoms with Crippen LogP contribution in [0.4, 0.5) is 0 Å². The number of aliphatic imine (C=N–C) groups is 1. The fourth-order valence-corrected chi connectivity index (χ4v) is 0.950. The smallest absolute Gasteiger partial charge is 0.130 e. The number of fused-ring (bicyclic) bond motifs is 1. The van der Waals surface area contributed by atoms with Crippen molar-refractivity contribution in [1.82, 2.24) is 9.55 Å². The van der Waals surface area contributed by atoms with E-state index in [4.69, 9.17) is 0 Å². The van der Waals surface area contributed by atoms with Crippen LogP contribution in [0.2, 0.25) is 0 Å². The Kier molecular flexibility index (Phi) is 0.886. The van der Waals surface area contributed by atoms with Crippen LogP contribution in [-0.2, 0) is 13.1 Å². The Labute approximate surface area is 53.1 Å². The lowest BCUT2D eigenvalue weighted by molar-refractivity contribution is 0.735. The Balaban J connectivity index is 2.46. The molecule has 0 aromatic carbocycles. The minimum absolute atomic E-state index is 0.743. The summed E-state index contributed by atoms with van der Waals surface area (Å²) >= 11 is 0. The van der Waals surface area contributed by atoms with E-state index < -0.39 is 0 Å². The molecular formula is C6H7N3. The van der Waals surface area contributed by atoms with E-state index >= 15 is 0 Å². The van der Waals surface area contributed by atoms with Gasteiger partial charge in [-0.05, 0) is 0 Å². The van der Waals surface area contributed by atoms with Crippen molar-refractivity contribution in [3.8, 4) is 0 Å². The van der Waals surface area contributed by atoms with Crippen molar-refractivity contribution in [2.45, 2.75) is 13.1 Å². The molecule has 0 amide bonds. The van der Waals surface area contributed by atoms with Crippen LogP contribution in [-0.4, -0.2) is 15.8 Å². The number of imidazole rings is 1. The second-order valence-electron chi connectivity index (χ2n) is 2.02. The molecule has 1 aromatic heterocycles. The summed E-state index contributed by atoms with van der Waals surface area (Å²) in [5, 5.41) is 0. The second-order valence-corrected chi connectivity index (χ2v) is 2.02. The second kappa shape index (κ2) is 1.69. The van der Waals surface area contributed by atoms with Gasteiger partial charge in [-0.3, -0.25) is 4.99 Å². The van der Waals surface area contributed by atoms with Crippen molar-refractivity contribution in [3.63, 3.8) is 0 Å². The van der Waals surface area contributed by atoms with E-state index in [-0.39, 0.29) is 0 Å². The zero-order valence-corrected chi connectivity index (χ0v) is 4.99. The molecule has 1 aromatic rings. The fraction of sp³-hybridized carbons (Fsp3) is 0.333. The molecule has 2 rings (SSSR count). The molecule has 0 fully saturated rings. The maximum absolute atomic E-state index is 4.11. The molecule has 0 aliphatic carbocycles. The molecule has 0 atom stereocenters. The Morgan fingerprint density at radius 3 is 3.44 bits per heavy atom. The topological polar surface area (TPSA) is 30.2 Å². The third kappa shape index (κ3) is 0.650. The summed E-state index contributed by atoms with van der Waals surface area (Å²) in [6, 6.07) is 0. The molecule has 0 N–H and O–H groups in total. The summed E-state index contributed by atoms with van der Waals surface area (Å²) in [6.07, 6.45) is 5.69. The third-order valence-electron chi connectivity index (χ3n) is 1.44. The van der Waals surface area contributed by atoms with Crippen LogP contribution in [0.15, 0.2) is 17.4 Å². The van der Waals surface area contributed by atoms with E-state index in [2.05, 4.69) is 14.5 Å². The van der Waals surface area contributed by atoms with Gasteiger partial charge in [0.2, 0.25) is 0 Å². The van der Waals surface area contributed by atoms with Crippen molar-refractivity contribution in [3.05, 3.63) is 18.2 Å². The number of hydrogen-bond donors (Lipinski definition) is 0. The average molecular weight is 121 g/mol. The number of aromatic nitrogens is 2.